The number of methoxy groups -OCH3 is 1. The smallest absolute Gasteiger partial charge is 0.323 e. The van der Waals surface area contributed by atoms with Crippen molar-refractivity contribution in [2.75, 3.05) is 18.6 Å². The Morgan fingerprint density at radius 1 is 1.50 bits per heavy atom. The van der Waals surface area contributed by atoms with Gasteiger partial charge in [0.2, 0.25) is 0 Å². The molecule has 0 amide bonds. The van der Waals surface area contributed by atoms with E-state index >= 15 is 0 Å². The van der Waals surface area contributed by atoms with Gasteiger partial charge in [-0.05, 0) is 26.0 Å². The molecule has 4 nitrogen and oxygen atoms in total. The van der Waals surface area contributed by atoms with E-state index in [4.69, 9.17) is 9.84 Å². The van der Waals surface area contributed by atoms with Gasteiger partial charge in [-0.2, -0.15) is 0 Å². The lowest BCUT2D eigenvalue weighted by Crippen LogP contribution is -2.35. The van der Waals surface area contributed by atoms with Gasteiger partial charge in [0.15, 0.2) is 0 Å². The number of nitrogens with zero attached hydrogens (tertiary/aromatic N) is 1. The van der Waals surface area contributed by atoms with Gasteiger partial charge in [-0.25, -0.2) is 0 Å². The molecule has 0 atom stereocenters. The molecule has 0 aliphatic rings. The summed E-state index contributed by atoms with van der Waals surface area (Å²) in [5, 5.41) is 8.85. The van der Waals surface area contributed by atoms with E-state index in [1.807, 2.05) is 43.0 Å². The molecule has 0 aliphatic carbocycles. The van der Waals surface area contributed by atoms with Gasteiger partial charge >= 0.3 is 5.97 Å². The third-order valence-corrected chi connectivity index (χ3v) is 2.31. The van der Waals surface area contributed by atoms with Crippen LogP contribution in [0.15, 0.2) is 24.3 Å². The minimum absolute atomic E-state index is 0.00909. The maximum atomic E-state index is 10.8. The SMILES string of the molecule is COc1cccc(N(CC(=O)O)C(C)C)c1. The van der Waals surface area contributed by atoms with Crippen LogP contribution in [0.2, 0.25) is 0 Å². The maximum absolute atomic E-state index is 10.8. The van der Waals surface area contributed by atoms with E-state index in [-0.39, 0.29) is 12.6 Å². The Balaban J connectivity index is 2.95. The molecule has 1 aromatic rings. The highest BCUT2D eigenvalue weighted by atomic mass is 16.5. The van der Waals surface area contributed by atoms with Gasteiger partial charge in [-0.15, -0.1) is 0 Å². The summed E-state index contributed by atoms with van der Waals surface area (Å²) in [6, 6.07) is 7.53. The van der Waals surface area contributed by atoms with Gasteiger partial charge in [0.1, 0.15) is 12.3 Å². The largest absolute Gasteiger partial charge is 0.497 e. The zero-order chi connectivity index (χ0) is 12.1. The van der Waals surface area contributed by atoms with Crippen molar-refractivity contribution in [3.63, 3.8) is 0 Å². The molecule has 1 aromatic carbocycles. The maximum Gasteiger partial charge on any atom is 0.323 e. The molecular weight excluding hydrogens is 206 g/mol. The fraction of sp³-hybridized carbons (Fsp3) is 0.417. The summed E-state index contributed by atoms with van der Waals surface area (Å²) in [6.07, 6.45) is 0. The Bertz CT molecular complexity index is 363. The van der Waals surface area contributed by atoms with Crippen molar-refractivity contribution in [3.05, 3.63) is 24.3 Å². The molecule has 0 radical (unpaired) electrons. The van der Waals surface area contributed by atoms with Gasteiger partial charge in [-0.3, -0.25) is 4.79 Å². The fourth-order valence-electron chi connectivity index (χ4n) is 1.51. The molecule has 1 rings (SSSR count). The Morgan fingerprint density at radius 2 is 2.19 bits per heavy atom. The summed E-state index contributed by atoms with van der Waals surface area (Å²) in [6.45, 7) is 3.91. The van der Waals surface area contributed by atoms with Crippen molar-refractivity contribution in [2.24, 2.45) is 0 Å². The van der Waals surface area contributed by atoms with Crippen LogP contribution in [0.5, 0.6) is 5.75 Å². The van der Waals surface area contributed by atoms with E-state index in [1.54, 1.807) is 7.11 Å². The number of carboxylic acids is 1. The summed E-state index contributed by atoms with van der Waals surface area (Å²) in [5.74, 6) is -0.106. The van der Waals surface area contributed by atoms with Crippen LogP contribution >= 0.6 is 0 Å². The van der Waals surface area contributed by atoms with Crippen molar-refractivity contribution in [3.8, 4) is 5.75 Å². The molecule has 0 spiro atoms. The van der Waals surface area contributed by atoms with E-state index in [2.05, 4.69) is 0 Å². The lowest BCUT2D eigenvalue weighted by Gasteiger charge is -2.27. The average Bonchev–Trinajstić information content (AvgIpc) is 2.25. The molecule has 1 N–H and O–H groups in total. The van der Waals surface area contributed by atoms with Gasteiger partial charge < -0.3 is 14.7 Å². The lowest BCUT2D eigenvalue weighted by molar-refractivity contribution is -0.135. The quantitative estimate of drug-likeness (QED) is 0.829. The summed E-state index contributed by atoms with van der Waals surface area (Å²) in [7, 11) is 1.59. The number of ether oxygens (including phenoxy) is 1. The summed E-state index contributed by atoms with van der Waals surface area (Å²) in [5.41, 5.74) is 0.858. The van der Waals surface area contributed by atoms with Crippen LogP contribution < -0.4 is 9.64 Å². The predicted octanol–water partition coefficient (Wildman–Crippen LogP) is 1.99. The van der Waals surface area contributed by atoms with Crippen LogP contribution in [0.4, 0.5) is 5.69 Å². The molecule has 0 bridgehead atoms. The first-order valence-corrected chi connectivity index (χ1v) is 5.17. The van der Waals surface area contributed by atoms with Crippen LogP contribution in [0.1, 0.15) is 13.8 Å². The third kappa shape index (κ3) is 3.15. The first kappa shape index (κ1) is 12.4. The summed E-state index contributed by atoms with van der Waals surface area (Å²) >= 11 is 0. The monoisotopic (exact) mass is 223 g/mol. The van der Waals surface area contributed by atoms with E-state index in [1.165, 1.54) is 0 Å². The van der Waals surface area contributed by atoms with Crippen molar-refractivity contribution in [1.82, 2.24) is 0 Å². The molecule has 88 valence electrons. The molecule has 0 unspecified atom stereocenters. The van der Waals surface area contributed by atoms with E-state index in [0.29, 0.717) is 0 Å². The Labute approximate surface area is 95.5 Å². The summed E-state index contributed by atoms with van der Waals surface area (Å²) in [4.78, 5) is 12.6. The van der Waals surface area contributed by atoms with Gasteiger partial charge in [-0.1, -0.05) is 6.07 Å². The molecular formula is C12H17NO3. The van der Waals surface area contributed by atoms with Gasteiger partial charge in [0.25, 0.3) is 0 Å². The average molecular weight is 223 g/mol. The van der Waals surface area contributed by atoms with Crippen molar-refractivity contribution in [2.45, 2.75) is 19.9 Å². The molecule has 0 heterocycles. The van der Waals surface area contributed by atoms with Gasteiger partial charge in [0, 0.05) is 17.8 Å². The second-order valence-electron chi connectivity index (χ2n) is 3.82. The van der Waals surface area contributed by atoms with Crippen LogP contribution in [0.3, 0.4) is 0 Å². The Hall–Kier alpha value is -1.71. The minimum atomic E-state index is -0.837. The highest BCUT2D eigenvalue weighted by Gasteiger charge is 2.14. The van der Waals surface area contributed by atoms with Crippen LogP contribution in [-0.2, 0) is 4.79 Å². The van der Waals surface area contributed by atoms with Crippen molar-refractivity contribution in [1.29, 1.82) is 0 Å². The first-order valence-electron chi connectivity index (χ1n) is 5.17. The van der Waals surface area contributed by atoms with Crippen LogP contribution in [0, 0.1) is 0 Å². The van der Waals surface area contributed by atoms with E-state index < -0.39 is 5.97 Å². The number of benzene rings is 1. The molecule has 0 aliphatic heterocycles. The second kappa shape index (κ2) is 5.39. The molecule has 0 aromatic heterocycles. The van der Waals surface area contributed by atoms with Crippen molar-refractivity contribution >= 4 is 11.7 Å². The predicted molar refractivity (Wildman–Crippen MR) is 63.1 cm³/mol. The Morgan fingerprint density at radius 3 is 2.69 bits per heavy atom. The first-order chi connectivity index (χ1) is 7.54. The van der Waals surface area contributed by atoms with E-state index in [0.717, 1.165) is 11.4 Å². The molecule has 4 heteroatoms. The zero-order valence-electron chi connectivity index (χ0n) is 9.80. The molecule has 0 saturated carbocycles. The highest BCUT2D eigenvalue weighted by molar-refractivity contribution is 5.74. The number of hydrogen-bond acceptors (Lipinski definition) is 3. The molecule has 0 fully saturated rings. The lowest BCUT2D eigenvalue weighted by atomic mass is 10.2. The van der Waals surface area contributed by atoms with Crippen molar-refractivity contribution < 1.29 is 14.6 Å². The minimum Gasteiger partial charge on any atom is -0.497 e. The van der Waals surface area contributed by atoms with Crippen LogP contribution in [-0.4, -0.2) is 30.8 Å². The highest BCUT2D eigenvalue weighted by Crippen LogP contribution is 2.22. The third-order valence-electron chi connectivity index (χ3n) is 2.31. The second-order valence-corrected chi connectivity index (χ2v) is 3.82. The number of anilines is 1. The van der Waals surface area contributed by atoms with Gasteiger partial charge in [0.05, 0.1) is 7.11 Å². The standard InChI is InChI=1S/C12H17NO3/c1-9(2)13(8-12(14)15)10-5-4-6-11(7-10)16-3/h4-7,9H,8H2,1-3H3,(H,14,15). The molecule has 0 saturated heterocycles. The Kier molecular flexibility index (Phi) is 4.17. The normalized spacial score (nSPS) is 10.2. The number of hydrogen-bond donors (Lipinski definition) is 1. The fourth-order valence-corrected chi connectivity index (χ4v) is 1.51. The zero-order valence-corrected chi connectivity index (χ0v) is 9.80. The number of carboxylic acid groups (broad SMARTS) is 1. The van der Waals surface area contributed by atoms with Crippen LogP contribution in [0.25, 0.3) is 0 Å². The molecule has 16 heavy (non-hydrogen) atoms. The number of carbonyl (C=O) groups is 1. The number of aliphatic carboxylic acids is 1. The van der Waals surface area contributed by atoms with E-state index in [9.17, 15) is 4.79 Å². The topological polar surface area (TPSA) is 49.8 Å². The number of rotatable bonds is 5. The summed E-state index contributed by atoms with van der Waals surface area (Å²) < 4.78 is 5.12.